The van der Waals surface area contributed by atoms with Crippen LogP contribution in [-0.2, 0) is 14.2 Å². The molecule has 18 heavy (non-hydrogen) atoms. The van der Waals surface area contributed by atoms with E-state index in [0.29, 0.717) is 19.3 Å². The van der Waals surface area contributed by atoms with Crippen LogP contribution in [0, 0.1) is 0 Å². The molecule has 0 rings (SSSR count). The van der Waals surface area contributed by atoms with E-state index < -0.39 is 0 Å². The molecule has 0 saturated heterocycles. The summed E-state index contributed by atoms with van der Waals surface area (Å²) in [4.78, 5) is 0. The molecule has 110 valence electrons. The summed E-state index contributed by atoms with van der Waals surface area (Å²) in [5.74, 6) is 0. The van der Waals surface area contributed by atoms with E-state index in [2.05, 4.69) is 26.1 Å². The van der Waals surface area contributed by atoms with E-state index in [1.54, 1.807) is 7.11 Å². The zero-order valence-corrected chi connectivity index (χ0v) is 12.5. The van der Waals surface area contributed by atoms with E-state index in [1.807, 2.05) is 0 Å². The summed E-state index contributed by atoms with van der Waals surface area (Å²) < 4.78 is 16.0. The van der Waals surface area contributed by atoms with Gasteiger partial charge in [-0.3, -0.25) is 0 Å². The lowest BCUT2D eigenvalue weighted by atomic mass is 10.2. The highest BCUT2D eigenvalue weighted by Gasteiger charge is 2.04. The summed E-state index contributed by atoms with van der Waals surface area (Å²) >= 11 is 0. The number of hydrogen-bond acceptors (Lipinski definition) is 4. The molecular formula is C14H31NO3. The van der Waals surface area contributed by atoms with E-state index >= 15 is 0 Å². The fourth-order valence-electron chi connectivity index (χ4n) is 1.68. The van der Waals surface area contributed by atoms with Crippen LogP contribution in [0.2, 0.25) is 0 Å². The van der Waals surface area contributed by atoms with Gasteiger partial charge in [-0.25, -0.2) is 0 Å². The number of rotatable bonds is 13. The van der Waals surface area contributed by atoms with Crippen LogP contribution in [0.1, 0.15) is 40.0 Å². The van der Waals surface area contributed by atoms with Crippen molar-refractivity contribution in [2.45, 2.75) is 52.2 Å². The van der Waals surface area contributed by atoms with Crippen LogP contribution in [0.5, 0.6) is 0 Å². The topological polar surface area (TPSA) is 39.7 Å². The maximum Gasteiger partial charge on any atom is 0.0704 e. The van der Waals surface area contributed by atoms with Gasteiger partial charge in [-0.05, 0) is 26.7 Å². The fourth-order valence-corrected chi connectivity index (χ4v) is 1.68. The maximum absolute atomic E-state index is 5.66. The van der Waals surface area contributed by atoms with E-state index in [1.165, 1.54) is 12.8 Å². The second-order valence-corrected chi connectivity index (χ2v) is 4.74. The van der Waals surface area contributed by atoms with Crippen molar-refractivity contribution in [3.63, 3.8) is 0 Å². The summed E-state index contributed by atoms with van der Waals surface area (Å²) in [5, 5.41) is 3.47. The van der Waals surface area contributed by atoms with E-state index in [9.17, 15) is 0 Å². The van der Waals surface area contributed by atoms with Gasteiger partial charge in [0.15, 0.2) is 0 Å². The summed E-state index contributed by atoms with van der Waals surface area (Å²) in [7, 11) is 1.71. The van der Waals surface area contributed by atoms with Crippen molar-refractivity contribution >= 4 is 0 Å². The Kier molecular flexibility index (Phi) is 13.2. The van der Waals surface area contributed by atoms with Crippen LogP contribution in [0.15, 0.2) is 0 Å². The molecule has 0 aliphatic carbocycles. The highest BCUT2D eigenvalue weighted by molar-refractivity contribution is 4.62. The van der Waals surface area contributed by atoms with E-state index in [4.69, 9.17) is 14.2 Å². The van der Waals surface area contributed by atoms with Crippen molar-refractivity contribution in [2.75, 3.05) is 40.1 Å². The molecule has 0 saturated carbocycles. The summed E-state index contributed by atoms with van der Waals surface area (Å²) in [6.07, 6.45) is 3.63. The van der Waals surface area contributed by atoms with Gasteiger partial charge >= 0.3 is 0 Å². The second kappa shape index (κ2) is 13.3. The highest BCUT2D eigenvalue weighted by atomic mass is 16.5. The van der Waals surface area contributed by atoms with Crippen LogP contribution >= 0.6 is 0 Å². The highest BCUT2D eigenvalue weighted by Crippen LogP contribution is 1.96. The van der Waals surface area contributed by atoms with Crippen LogP contribution in [0.4, 0.5) is 0 Å². The predicted molar refractivity (Wildman–Crippen MR) is 75.1 cm³/mol. The quantitative estimate of drug-likeness (QED) is 0.516. The Morgan fingerprint density at radius 3 is 2.50 bits per heavy atom. The van der Waals surface area contributed by atoms with Crippen LogP contribution in [-0.4, -0.2) is 52.2 Å². The monoisotopic (exact) mass is 261 g/mol. The lowest BCUT2D eigenvalue weighted by Gasteiger charge is -2.18. The van der Waals surface area contributed by atoms with E-state index in [-0.39, 0.29) is 6.10 Å². The molecule has 2 atom stereocenters. The largest absolute Gasteiger partial charge is 0.385 e. The zero-order valence-electron chi connectivity index (χ0n) is 12.5. The van der Waals surface area contributed by atoms with Crippen molar-refractivity contribution in [3.05, 3.63) is 0 Å². The second-order valence-electron chi connectivity index (χ2n) is 4.74. The van der Waals surface area contributed by atoms with Crippen molar-refractivity contribution < 1.29 is 14.2 Å². The minimum Gasteiger partial charge on any atom is -0.385 e. The molecule has 0 aromatic rings. The van der Waals surface area contributed by atoms with Crippen molar-refractivity contribution in [1.29, 1.82) is 0 Å². The molecular weight excluding hydrogens is 230 g/mol. The lowest BCUT2D eigenvalue weighted by Crippen LogP contribution is -2.34. The fraction of sp³-hybridized carbons (Fsp3) is 1.00. The molecule has 0 heterocycles. The first-order valence-corrected chi connectivity index (χ1v) is 7.12. The Bertz CT molecular complexity index is 167. The molecule has 0 aromatic heterocycles. The SMILES string of the molecule is CCCC(C)NCC(C)OCCOCCCOC. The van der Waals surface area contributed by atoms with Crippen molar-refractivity contribution in [1.82, 2.24) is 5.32 Å². The molecule has 0 amide bonds. The first kappa shape index (κ1) is 17.8. The average Bonchev–Trinajstić information content (AvgIpc) is 2.35. The Balaban J connectivity index is 3.23. The van der Waals surface area contributed by atoms with Gasteiger partial charge in [0.05, 0.1) is 19.3 Å². The normalized spacial score (nSPS) is 14.7. The third-order valence-electron chi connectivity index (χ3n) is 2.74. The average molecular weight is 261 g/mol. The van der Waals surface area contributed by atoms with Crippen LogP contribution in [0.3, 0.4) is 0 Å². The molecule has 0 aromatic carbocycles. The third kappa shape index (κ3) is 12.3. The van der Waals surface area contributed by atoms with Gasteiger partial charge < -0.3 is 19.5 Å². The smallest absolute Gasteiger partial charge is 0.0704 e. The number of hydrogen-bond donors (Lipinski definition) is 1. The van der Waals surface area contributed by atoms with Gasteiger partial charge in [0.25, 0.3) is 0 Å². The molecule has 0 radical (unpaired) electrons. The molecule has 0 spiro atoms. The first-order chi connectivity index (χ1) is 8.70. The van der Waals surface area contributed by atoms with Gasteiger partial charge in [0.2, 0.25) is 0 Å². The zero-order chi connectivity index (χ0) is 13.6. The number of methoxy groups -OCH3 is 1. The predicted octanol–water partition coefficient (Wildman–Crippen LogP) is 2.22. The van der Waals surface area contributed by atoms with Crippen molar-refractivity contribution in [2.24, 2.45) is 0 Å². The Morgan fingerprint density at radius 2 is 1.83 bits per heavy atom. The molecule has 0 aliphatic heterocycles. The molecule has 0 aliphatic rings. The van der Waals surface area contributed by atoms with Crippen LogP contribution in [0.25, 0.3) is 0 Å². The van der Waals surface area contributed by atoms with E-state index in [0.717, 1.165) is 26.2 Å². The van der Waals surface area contributed by atoms with Crippen LogP contribution < -0.4 is 5.32 Å². The van der Waals surface area contributed by atoms with Crippen molar-refractivity contribution in [3.8, 4) is 0 Å². The first-order valence-electron chi connectivity index (χ1n) is 7.12. The van der Waals surface area contributed by atoms with Gasteiger partial charge in [-0.1, -0.05) is 13.3 Å². The minimum absolute atomic E-state index is 0.242. The molecule has 4 heteroatoms. The Labute approximate surface area is 112 Å². The number of ether oxygens (including phenoxy) is 3. The summed E-state index contributed by atoms with van der Waals surface area (Å²) in [6.45, 7) is 10.3. The summed E-state index contributed by atoms with van der Waals surface area (Å²) in [5.41, 5.74) is 0. The minimum atomic E-state index is 0.242. The molecule has 2 unspecified atom stereocenters. The molecule has 4 nitrogen and oxygen atoms in total. The molecule has 0 fully saturated rings. The number of nitrogens with one attached hydrogen (secondary N) is 1. The van der Waals surface area contributed by atoms with Gasteiger partial charge in [0.1, 0.15) is 0 Å². The molecule has 1 N–H and O–H groups in total. The maximum atomic E-state index is 5.66. The standard InChI is InChI=1S/C14H31NO3/c1-5-7-13(2)15-12-14(3)18-11-10-17-9-6-8-16-4/h13-15H,5-12H2,1-4H3. The van der Waals surface area contributed by atoms with Gasteiger partial charge in [-0.2, -0.15) is 0 Å². The lowest BCUT2D eigenvalue weighted by molar-refractivity contribution is 0.00806. The summed E-state index contributed by atoms with van der Waals surface area (Å²) in [6, 6.07) is 0.575. The van der Waals surface area contributed by atoms with Gasteiger partial charge in [-0.15, -0.1) is 0 Å². The molecule has 0 bridgehead atoms. The third-order valence-corrected chi connectivity index (χ3v) is 2.74. The Hall–Kier alpha value is -0.160. The Morgan fingerprint density at radius 1 is 1.06 bits per heavy atom. The van der Waals surface area contributed by atoms with Gasteiger partial charge in [0, 0.05) is 32.9 Å².